The van der Waals surface area contributed by atoms with Crippen LogP contribution in [0.3, 0.4) is 0 Å². The van der Waals surface area contributed by atoms with Gasteiger partial charge in [0.15, 0.2) is 0 Å². The molecular weight excluding hydrogens is 332 g/mol. The van der Waals surface area contributed by atoms with Gasteiger partial charge in [-0.25, -0.2) is 4.79 Å². The summed E-state index contributed by atoms with van der Waals surface area (Å²) in [5.74, 6) is 0.164. The quantitative estimate of drug-likeness (QED) is 0.388. The van der Waals surface area contributed by atoms with Gasteiger partial charge in [0.1, 0.15) is 0 Å². The summed E-state index contributed by atoms with van der Waals surface area (Å²) in [5, 5.41) is 14.4. The van der Waals surface area contributed by atoms with Crippen molar-refractivity contribution >= 4 is 17.3 Å². The van der Waals surface area contributed by atoms with Gasteiger partial charge in [0.05, 0.1) is 23.6 Å². The van der Waals surface area contributed by atoms with E-state index < -0.39 is 0 Å². The number of fused-ring (bicyclic) bond motifs is 3. The van der Waals surface area contributed by atoms with E-state index in [1.54, 1.807) is 18.2 Å². The number of rotatable bonds is 3. The number of nitro benzene ring substituents is 1. The second-order valence-corrected chi connectivity index (χ2v) is 6.62. The summed E-state index contributed by atoms with van der Waals surface area (Å²) in [6.45, 7) is 0. The summed E-state index contributed by atoms with van der Waals surface area (Å²) in [7, 11) is 1.38. The lowest BCUT2D eigenvalue weighted by molar-refractivity contribution is -0.384. The van der Waals surface area contributed by atoms with Crippen molar-refractivity contribution in [3.05, 3.63) is 81.4 Å². The van der Waals surface area contributed by atoms with Gasteiger partial charge >= 0.3 is 5.97 Å². The number of hydrogen-bond donors (Lipinski definition) is 1. The Hall–Kier alpha value is -3.15. The van der Waals surface area contributed by atoms with Gasteiger partial charge in [-0.15, -0.1) is 0 Å². The molecule has 0 spiro atoms. The fourth-order valence-corrected chi connectivity index (χ4v) is 3.97. The third kappa shape index (κ3) is 2.63. The van der Waals surface area contributed by atoms with Crippen LogP contribution in [0.25, 0.3) is 0 Å². The Morgan fingerprint density at radius 1 is 1.23 bits per heavy atom. The summed E-state index contributed by atoms with van der Waals surface area (Å²) in [5.41, 5.74) is 3.73. The average Bonchev–Trinajstić information content (AvgIpc) is 3.16. The molecule has 6 nitrogen and oxygen atoms in total. The number of benzene rings is 2. The zero-order chi connectivity index (χ0) is 18.3. The number of nitro groups is 1. The molecule has 2 aromatic carbocycles. The van der Waals surface area contributed by atoms with Crippen LogP contribution in [0, 0.1) is 16.0 Å². The highest BCUT2D eigenvalue weighted by atomic mass is 16.6. The number of hydrogen-bond acceptors (Lipinski definition) is 5. The van der Waals surface area contributed by atoms with Crippen LogP contribution in [0.5, 0.6) is 0 Å². The molecule has 0 amide bonds. The van der Waals surface area contributed by atoms with Gasteiger partial charge in [-0.1, -0.05) is 24.3 Å². The molecule has 0 aromatic heterocycles. The van der Waals surface area contributed by atoms with E-state index in [9.17, 15) is 14.9 Å². The minimum Gasteiger partial charge on any atom is -0.465 e. The number of ether oxygens (including phenoxy) is 1. The average molecular weight is 350 g/mol. The molecule has 0 fully saturated rings. The van der Waals surface area contributed by atoms with E-state index in [2.05, 4.69) is 17.5 Å². The van der Waals surface area contributed by atoms with Crippen LogP contribution in [0.15, 0.2) is 54.6 Å². The Labute approximate surface area is 150 Å². The second-order valence-electron chi connectivity index (χ2n) is 6.62. The smallest absolute Gasteiger partial charge is 0.337 e. The molecule has 0 saturated carbocycles. The normalized spacial score (nSPS) is 22.9. The van der Waals surface area contributed by atoms with Crippen molar-refractivity contribution < 1.29 is 14.5 Å². The highest BCUT2D eigenvalue weighted by molar-refractivity contribution is 5.90. The molecule has 4 rings (SSSR count). The summed E-state index contributed by atoms with van der Waals surface area (Å²) in [6.07, 6.45) is 5.26. The van der Waals surface area contributed by atoms with Crippen molar-refractivity contribution in [2.24, 2.45) is 5.92 Å². The predicted octanol–water partition coefficient (Wildman–Crippen LogP) is 4.21. The van der Waals surface area contributed by atoms with E-state index in [4.69, 9.17) is 4.74 Å². The van der Waals surface area contributed by atoms with Crippen LogP contribution < -0.4 is 5.32 Å². The molecular formula is C20H18N2O4. The van der Waals surface area contributed by atoms with Gasteiger partial charge < -0.3 is 10.1 Å². The third-order valence-corrected chi connectivity index (χ3v) is 5.25. The van der Waals surface area contributed by atoms with E-state index in [0.717, 1.165) is 23.2 Å². The van der Waals surface area contributed by atoms with Crippen molar-refractivity contribution in [2.45, 2.75) is 18.4 Å². The first-order chi connectivity index (χ1) is 12.6. The Kier molecular flexibility index (Phi) is 3.95. The molecule has 0 radical (unpaired) electrons. The number of nitrogens with zero attached hydrogens (tertiary/aromatic N) is 1. The topological polar surface area (TPSA) is 81.5 Å². The lowest BCUT2D eigenvalue weighted by Gasteiger charge is -2.37. The molecule has 132 valence electrons. The van der Waals surface area contributed by atoms with Gasteiger partial charge in [0, 0.05) is 23.7 Å². The molecule has 26 heavy (non-hydrogen) atoms. The first-order valence-corrected chi connectivity index (χ1v) is 8.48. The fourth-order valence-electron chi connectivity index (χ4n) is 3.97. The highest BCUT2D eigenvalue weighted by Crippen LogP contribution is 2.50. The van der Waals surface area contributed by atoms with Gasteiger partial charge in [-0.2, -0.15) is 0 Å². The SMILES string of the molecule is COC(=O)c1ccc2c(c1)C1C=CCC1C(c1ccc([N+](=O)[O-])cc1)N2. The number of allylic oxidation sites excluding steroid dienone is 2. The minimum absolute atomic E-state index is 0.0623. The first-order valence-electron chi connectivity index (χ1n) is 8.48. The molecule has 1 aliphatic carbocycles. The standard InChI is InChI=1S/C20H18N2O4/c1-26-20(23)13-7-10-18-17(11-13)15-3-2-4-16(15)19(21-18)12-5-8-14(9-6-12)22(24)25/h2-3,5-11,15-16,19,21H,4H2,1H3. The molecule has 2 aromatic rings. The maximum absolute atomic E-state index is 11.8. The largest absolute Gasteiger partial charge is 0.465 e. The Balaban J connectivity index is 1.71. The van der Waals surface area contributed by atoms with Crippen LogP contribution in [-0.2, 0) is 4.74 Å². The van der Waals surface area contributed by atoms with E-state index in [-0.39, 0.29) is 28.5 Å². The maximum atomic E-state index is 11.8. The van der Waals surface area contributed by atoms with Crippen molar-refractivity contribution in [2.75, 3.05) is 12.4 Å². The van der Waals surface area contributed by atoms with E-state index >= 15 is 0 Å². The van der Waals surface area contributed by atoms with Crippen molar-refractivity contribution in [1.29, 1.82) is 0 Å². The highest BCUT2D eigenvalue weighted by Gasteiger charge is 2.38. The molecule has 3 atom stereocenters. The number of esters is 1. The van der Waals surface area contributed by atoms with Gasteiger partial charge in [-0.3, -0.25) is 10.1 Å². The molecule has 0 saturated heterocycles. The summed E-state index contributed by atoms with van der Waals surface area (Å²) < 4.78 is 4.83. The molecule has 3 unspecified atom stereocenters. The number of methoxy groups -OCH3 is 1. The maximum Gasteiger partial charge on any atom is 0.337 e. The lowest BCUT2D eigenvalue weighted by Crippen LogP contribution is -2.29. The molecule has 6 heteroatoms. The van der Waals surface area contributed by atoms with Crippen LogP contribution in [0.4, 0.5) is 11.4 Å². The minimum atomic E-state index is -0.387. The number of carbonyl (C=O) groups is 1. The lowest BCUT2D eigenvalue weighted by atomic mass is 9.76. The van der Waals surface area contributed by atoms with Crippen LogP contribution >= 0.6 is 0 Å². The molecule has 1 N–H and O–H groups in total. The first kappa shape index (κ1) is 16.3. The van der Waals surface area contributed by atoms with Crippen molar-refractivity contribution in [3.63, 3.8) is 0 Å². The molecule has 0 bridgehead atoms. The monoisotopic (exact) mass is 350 g/mol. The zero-order valence-electron chi connectivity index (χ0n) is 14.2. The van der Waals surface area contributed by atoms with Gasteiger partial charge in [-0.05, 0) is 41.7 Å². The zero-order valence-corrected chi connectivity index (χ0v) is 14.2. The molecule has 1 aliphatic heterocycles. The van der Waals surface area contributed by atoms with E-state index in [0.29, 0.717) is 11.5 Å². The van der Waals surface area contributed by atoms with Crippen molar-refractivity contribution in [1.82, 2.24) is 0 Å². The number of non-ortho nitro benzene ring substituents is 1. The van der Waals surface area contributed by atoms with E-state index in [1.165, 1.54) is 7.11 Å². The van der Waals surface area contributed by atoms with Crippen LogP contribution in [-0.4, -0.2) is 18.0 Å². The van der Waals surface area contributed by atoms with Crippen LogP contribution in [0.2, 0.25) is 0 Å². The Morgan fingerprint density at radius 3 is 2.69 bits per heavy atom. The van der Waals surface area contributed by atoms with Crippen molar-refractivity contribution in [3.8, 4) is 0 Å². The summed E-state index contributed by atoms with van der Waals surface area (Å²) in [6, 6.07) is 12.3. The Bertz CT molecular complexity index is 905. The Morgan fingerprint density at radius 2 is 2.00 bits per heavy atom. The number of carbonyl (C=O) groups excluding carboxylic acids is 1. The van der Waals surface area contributed by atoms with E-state index in [1.807, 2.05) is 24.3 Å². The second kappa shape index (κ2) is 6.29. The third-order valence-electron chi connectivity index (χ3n) is 5.25. The number of nitrogens with one attached hydrogen (secondary N) is 1. The van der Waals surface area contributed by atoms with Gasteiger partial charge in [0.25, 0.3) is 5.69 Å². The fraction of sp³-hybridized carbons (Fsp3) is 0.250. The predicted molar refractivity (Wildman–Crippen MR) is 97.2 cm³/mol. The van der Waals surface area contributed by atoms with Crippen LogP contribution in [0.1, 0.15) is 39.9 Å². The summed E-state index contributed by atoms with van der Waals surface area (Å²) in [4.78, 5) is 22.3. The summed E-state index contributed by atoms with van der Waals surface area (Å²) >= 11 is 0. The molecule has 1 heterocycles. The van der Waals surface area contributed by atoms with Gasteiger partial charge in [0.2, 0.25) is 0 Å². The molecule has 2 aliphatic rings. The number of anilines is 1.